The van der Waals surface area contributed by atoms with Crippen LogP contribution < -0.4 is 5.73 Å². The predicted octanol–water partition coefficient (Wildman–Crippen LogP) is 2.92. The number of anilines is 1. The van der Waals surface area contributed by atoms with Crippen molar-refractivity contribution in [2.45, 2.75) is 32.4 Å². The average molecular weight is 257 g/mol. The van der Waals surface area contributed by atoms with E-state index in [-0.39, 0.29) is 0 Å². The molecule has 0 unspecified atom stereocenters. The van der Waals surface area contributed by atoms with Crippen molar-refractivity contribution >= 4 is 5.82 Å². The molecule has 0 bridgehead atoms. The lowest BCUT2D eigenvalue weighted by molar-refractivity contribution is 0.185. The first-order chi connectivity index (χ1) is 9.20. The van der Waals surface area contributed by atoms with Crippen molar-refractivity contribution in [2.24, 2.45) is 0 Å². The van der Waals surface area contributed by atoms with Crippen molar-refractivity contribution in [2.75, 3.05) is 12.8 Å². The Balaban J connectivity index is 2.02. The fourth-order valence-electron chi connectivity index (χ4n) is 2.54. The van der Waals surface area contributed by atoms with Crippen LogP contribution in [0.1, 0.15) is 30.3 Å². The van der Waals surface area contributed by atoms with Crippen LogP contribution in [0.5, 0.6) is 0 Å². The molecule has 0 radical (unpaired) electrons. The number of benzene rings is 1. The van der Waals surface area contributed by atoms with Crippen LogP contribution in [0.4, 0.5) is 5.82 Å². The number of methoxy groups -OCH3 is 1. The van der Waals surface area contributed by atoms with Crippen LogP contribution in [0.3, 0.4) is 0 Å². The van der Waals surface area contributed by atoms with Crippen LogP contribution in [0.25, 0.3) is 11.3 Å². The molecule has 19 heavy (non-hydrogen) atoms. The van der Waals surface area contributed by atoms with E-state index in [0.717, 1.165) is 28.5 Å². The maximum atomic E-state index is 6.27. The van der Waals surface area contributed by atoms with Gasteiger partial charge in [-0.25, -0.2) is 4.98 Å². The third kappa shape index (κ3) is 2.24. The molecule has 1 fully saturated rings. The number of aryl methyl sites for hydroxylation is 1. The van der Waals surface area contributed by atoms with Crippen molar-refractivity contribution < 1.29 is 4.74 Å². The number of aromatic nitrogens is 2. The largest absolute Gasteiger partial charge is 0.383 e. The lowest BCUT2D eigenvalue weighted by atomic mass is 10.1. The molecule has 1 aliphatic rings. The molecule has 1 aliphatic carbocycles. The number of nitrogens with two attached hydrogens (primary N) is 1. The van der Waals surface area contributed by atoms with E-state index in [0.29, 0.717) is 12.6 Å². The fraction of sp³-hybridized carbons (Fsp3) is 0.400. The Labute approximate surface area is 113 Å². The molecule has 0 aliphatic heterocycles. The standard InChI is InChI=1S/C15H19N3O/c1-10-17-14(15(16)18(10)13-6-7-13)12-5-3-4-11(8-12)9-19-2/h3-5,8,13H,6-7,9,16H2,1-2H3. The van der Waals surface area contributed by atoms with Crippen LogP contribution in [0.15, 0.2) is 24.3 Å². The van der Waals surface area contributed by atoms with Gasteiger partial charge in [0.1, 0.15) is 17.3 Å². The van der Waals surface area contributed by atoms with Crippen molar-refractivity contribution in [1.29, 1.82) is 0 Å². The fourth-order valence-corrected chi connectivity index (χ4v) is 2.54. The number of nitrogen functional groups attached to an aromatic ring is 1. The minimum Gasteiger partial charge on any atom is -0.383 e. The highest BCUT2D eigenvalue weighted by atomic mass is 16.5. The summed E-state index contributed by atoms with van der Waals surface area (Å²) in [7, 11) is 1.70. The summed E-state index contributed by atoms with van der Waals surface area (Å²) in [6, 6.07) is 8.78. The molecule has 3 rings (SSSR count). The van der Waals surface area contributed by atoms with Gasteiger partial charge in [0.2, 0.25) is 0 Å². The van der Waals surface area contributed by atoms with Crippen LogP contribution in [0, 0.1) is 6.92 Å². The minimum atomic E-state index is 0.559. The van der Waals surface area contributed by atoms with Gasteiger partial charge in [-0.15, -0.1) is 0 Å². The molecule has 1 saturated carbocycles. The van der Waals surface area contributed by atoms with E-state index in [4.69, 9.17) is 10.5 Å². The topological polar surface area (TPSA) is 53.1 Å². The van der Waals surface area contributed by atoms with E-state index in [2.05, 4.69) is 21.7 Å². The zero-order valence-corrected chi connectivity index (χ0v) is 11.4. The first-order valence-corrected chi connectivity index (χ1v) is 6.63. The number of hydrogen-bond donors (Lipinski definition) is 1. The van der Waals surface area contributed by atoms with E-state index >= 15 is 0 Å². The van der Waals surface area contributed by atoms with Crippen LogP contribution in [-0.4, -0.2) is 16.7 Å². The predicted molar refractivity (Wildman–Crippen MR) is 75.8 cm³/mol. The molecule has 4 nitrogen and oxygen atoms in total. The molecule has 4 heteroatoms. The van der Waals surface area contributed by atoms with E-state index in [1.54, 1.807) is 7.11 Å². The molecule has 0 spiro atoms. The second-order valence-electron chi connectivity index (χ2n) is 5.13. The third-order valence-electron chi connectivity index (χ3n) is 3.55. The zero-order valence-electron chi connectivity index (χ0n) is 11.4. The molecule has 100 valence electrons. The lowest BCUT2D eigenvalue weighted by Crippen LogP contribution is -2.02. The highest BCUT2D eigenvalue weighted by molar-refractivity contribution is 5.71. The van der Waals surface area contributed by atoms with Crippen molar-refractivity contribution in [1.82, 2.24) is 9.55 Å². The summed E-state index contributed by atoms with van der Waals surface area (Å²) < 4.78 is 7.33. The van der Waals surface area contributed by atoms with Crippen molar-refractivity contribution in [3.8, 4) is 11.3 Å². The first-order valence-electron chi connectivity index (χ1n) is 6.63. The molecule has 0 saturated heterocycles. The number of rotatable bonds is 4. The van der Waals surface area contributed by atoms with E-state index in [1.165, 1.54) is 12.8 Å². The van der Waals surface area contributed by atoms with E-state index in [1.807, 2.05) is 19.1 Å². The van der Waals surface area contributed by atoms with Gasteiger partial charge in [-0.2, -0.15) is 0 Å². The average Bonchev–Trinajstić information content (AvgIpc) is 3.17. The Morgan fingerprint density at radius 1 is 1.42 bits per heavy atom. The summed E-state index contributed by atoms with van der Waals surface area (Å²) in [5.41, 5.74) is 9.36. The van der Waals surface area contributed by atoms with E-state index < -0.39 is 0 Å². The van der Waals surface area contributed by atoms with Gasteiger partial charge < -0.3 is 15.0 Å². The quantitative estimate of drug-likeness (QED) is 0.916. The molecule has 1 aromatic carbocycles. The Morgan fingerprint density at radius 2 is 2.21 bits per heavy atom. The van der Waals surface area contributed by atoms with Crippen LogP contribution in [-0.2, 0) is 11.3 Å². The summed E-state index contributed by atoms with van der Waals surface area (Å²) >= 11 is 0. The second kappa shape index (κ2) is 4.70. The Hall–Kier alpha value is -1.81. The van der Waals surface area contributed by atoms with Gasteiger partial charge in [0, 0.05) is 18.7 Å². The molecule has 2 N–H and O–H groups in total. The molecular formula is C15H19N3O. The minimum absolute atomic E-state index is 0.559. The second-order valence-corrected chi connectivity index (χ2v) is 5.13. The summed E-state index contributed by atoms with van der Waals surface area (Å²) in [6.45, 7) is 2.63. The smallest absolute Gasteiger partial charge is 0.131 e. The Bertz CT molecular complexity index is 599. The summed E-state index contributed by atoms with van der Waals surface area (Å²) in [4.78, 5) is 4.64. The number of hydrogen-bond acceptors (Lipinski definition) is 3. The first kappa shape index (κ1) is 12.2. The van der Waals surface area contributed by atoms with Gasteiger partial charge in [-0.1, -0.05) is 18.2 Å². The highest BCUT2D eigenvalue weighted by Crippen LogP contribution is 2.40. The summed E-state index contributed by atoms with van der Waals surface area (Å²) in [6.07, 6.45) is 2.43. The Kier molecular flexibility index (Phi) is 3.03. The summed E-state index contributed by atoms with van der Waals surface area (Å²) in [5, 5.41) is 0. The van der Waals surface area contributed by atoms with Gasteiger partial charge in [-0.05, 0) is 31.4 Å². The van der Waals surface area contributed by atoms with Crippen LogP contribution in [0.2, 0.25) is 0 Å². The highest BCUT2D eigenvalue weighted by Gasteiger charge is 2.28. The third-order valence-corrected chi connectivity index (χ3v) is 3.55. The SMILES string of the molecule is COCc1cccc(-c2nc(C)n(C3CC3)c2N)c1. The van der Waals surface area contributed by atoms with E-state index in [9.17, 15) is 0 Å². The summed E-state index contributed by atoms with van der Waals surface area (Å²) in [5.74, 6) is 1.79. The monoisotopic (exact) mass is 257 g/mol. The Morgan fingerprint density at radius 3 is 2.89 bits per heavy atom. The lowest BCUT2D eigenvalue weighted by Gasteiger charge is -2.06. The molecule has 1 aromatic heterocycles. The zero-order chi connectivity index (χ0) is 13.4. The van der Waals surface area contributed by atoms with Crippen molar-refractivity contribution in [3.05, 3.63) is 35.7 Å². The van der Waals surface area contributed by atoms with Crippen LogP contribution >= 0.6 is 0 Å². The molecular weight excluding hydrogens is 238 g/mol. The molecule has 0 amide bonds. The number of ether oxygens (including phenoxy) is 1. The molecule has 0 atom stereocenters. The van der Waals surface area contributed by atoms with Gasteiger partial charge in [-0.3, -0.25) is 0 Å². The normalized spacial score (nSPS) is 14.8. The molecule has 2 aromatic rings. The van der Waals surface area contributed by atoms with Gasteiger partial charge in [0.05, 0.1) is 6.61 Å². The van der Waals surface area contributed by atoms with Crippen molar-refractivity contribution in [3.63, 3.8) is 0 Å². The number of nitrogens with zero attached hydrogens (tertiary/aromatic N) is 2. The maximum Gasteiger partial charge on any atom is 0.131 e. The van der Waals surface area contributed by atoms with Gasteiger partial charge in [0.25, 0.3) is 0 Å². The molecule has 1 heterocycles. The van der Waals surface area contributed by atoms with Gasteiger partial charge >= 0.3 is 0 Å². The number of imidazole rings is 1. The maximum absolute atomic E-state index is 6.27. The van der Waals surface area contributed by atoms with Gasteiger partial charge in [0.15, 0.2) is 0 Å².